The summed E-state index contributed by atoms with van der Waals surface area (Å²) in [5, 5.41) is 2.98. The van der Waals surface area contributed by atoms with Gasteiger partial charge < -0.3 is 5.32 Å². The molecular weight excluding hydrogens is 218 g/mol. The standard InChI is InChI=1S/C9H18BrNO/c1-4-7(5-2)11-9(12)8(10)6-3/h7-8H,4-6H2,1-3H3,(H,11,12). The average Bonchev–Trinajstić information content (AvgIpc) is 2.12. The molecule has 1 unspecified atom stereocenters. The summed E-state index contributed by atoms with van der Waals surface area (Å²) < 4.78 is 0. The quantitative estimate of drug-likeness (QED) is 0.730. The van der Waals surface area contributed by atoms with E-state index in [2.05, 4.69) is 35.1 Å². The zero-order valence-electron chi connectivity index (χ0n) is 8.06. The topological polar surface area (TPSA) is 29.1 Å². The van der Waals surface area contributed by atoms with E-state index in [4.69, 9.17) is 0 Å². The van der Waals surface area contributed by atoms with Crippen molar-refractivity contribution in [2.24, 2.45) is 0 Å². The SMILES string of the molecule is CCC(CC)NC(=O)C(Br)CC. The summed E-state index contributed by atoms with van der Waals surface area (Å²) in [6.07, 6.45) is 2.85. The minimum absolute atomic E-state index is 0.0295. The summed E-state index contributed by atoms with van der Waals surface area (Å²) in [6, 6.07) is 0.337. The van der Waals surface area contributed by atoms with Gasteiger partial charge >= 0.3 is 0 Å². The highest BCUT2D eigenvalue weighted by atomic mass is 79.9. The molecule has 12 heavy (non-hydrogen) atoms. The molecule has 72 valence electrons. The lowest BCUT2D eigenvalue weighted by Gasteiger charge is -2.16. The molecule has 0 heterocycles. The molecule has 0 aliphatic heterocycles. The normalized spacial score (nSPS) is 13.1. The minimum atomic E-state index is -0.0295. The summed E-state index contributed by atoms with van der Waals surface area (Å²) in [4.78, 5) is 11.3. The molecule has 2 nitrogen and oxygen atoms in total. The molecule has 1 amide bonds. The van der Waals surface area contributed by atoms with Crippen LogP contribution in [-0.4, -0.2) is 16.8 Å². The molecule has 0 rings (SSSR count). The van der Waals surface area contributed by atoms with E-state index >= 15 is 0 Å². The Bertz CT molecular complexity index is 134. The maximum atomic E-state index is 11.3. The highest BCUT2D eigenvalue weighted by molar-refractivity contribution is 9.10. The monoisotopic (exact) mass is 235 g/mol. The number of alkyl halides is 1. The fraction of sp³-hybridized carbons (Fsp3) is 0.889. The van der Waals surface area contributed by atoms with Gasteiger partial charge in [0.1, 0.15) is 0 Å². The van der Waals surface area contributed by atoms with E-state index in [-0.39, 0.29) is 10.7 Å². The molecule has 0 aromatic carbocycles. The van der Waals surface area contributed by atoms with Crippen molar-refractivity contribution in [3.63, 3.8) is 0 Å². The second-order valence-corrected chi connectivity index (χ2v) is 4.00. The van der Waals surface area contributed by atoms with E-state index in [1.165, 1.54) is 0 Å². The van der Waals surface area contributed by atoms with Crippen LogP contribution < -0.4 is 5.32 Å². The van der Waals surface area contributed by atoms with Gasteiger partial charge in [-0.1, -0.05) is 36.7 Å². The first-order valence-electron chi connectivity index (χ1n) is 4.60. The third-order valence-corrected chi connectivity index (χ3v) is 3.04. The highest BCUT2D eigenvalue weighted by Gasteiger charge is 2.14. The number of carbonyl (C=O) groups excluding carboxylic acids is 1. The van der Waals surface area contributed by atoms with Crippen molar-refractivity contribution >= 4 is 21.8 Å². The number of hydrogen-bond donors (Lipinski definition) is 1. The molecule has 0 aliphatic carbocycles. The molecule has 0 spiro atoms. The van der Waals surface area contributed by atoms with Crippen LogP contribution in [0.25, 0.3) is 0 Å². The van der Waals surface area contributed by atoms with E-state index in [9.17, 15) is 4.79 Å². The lowest BCUT2D eigenvalue weighted by molar-refractivity contribution is -0.121. The van der Waals surface area contributed by atoms with Crippen LogP contribution >= 0.6 is 15.9 Å². The Kier molecular flexibility index (Phi) is 6.44. The van der Waals surface area contributed by atoms with Crippen molar-refractivity contribution in [2.75, 3.05) is 0 Å². The van der Waals surface area contributed by atoms with Crippen molar-refractivity contribution in [1.29, 1.82) is 0 Å². The van der Waals surface area contributed by atoms with E-state index < -0.39 is 0 Å². The second kappa shape index (κ2) is 6.46. The second-order valence-electron chi connectivity index (χ2n) is 2.90. The fourth-order valence-corrected chi connectivity index (χ4v) is 1.10. The lowest BCUT2D eigenvalue weighted by atomic mass is 10.1. The first-order chi connectivity index (χ1) is 5.65. The van der Waals surface area contributed by atoms with E-state index in [1.807, 2.05) is 6.92 Å². The van der Waals surface area contributed by atoms with Gasteiger partial charge in [0.2, 0.25) is 5.91 Å². The smallest absolute Gasteiger partial charge is 0.233 e. The van der Waals surface area contributed by atoms with Gasteiger partial charge in [0.05, 0.1) is 4.83 Å². The number of hydrogen-bond acceptors (Lipinski definition) is 1. The van der Waals surface area contributed by atoms with Crippen molar-refractivity contribution in [3.05, 3.63) is 0 Å². The van der Waals surface area contributed by atoms with Gasteiger partial charge in [-0.15, -0.1) is 0 Å². The molecule has 0 saturated carbocycles. The Hall–Kier alpha value is -0.0500. The first-order valence-corrected chi connectivity index (χ1v) is 5.51. The fourth-order valence-electron chi connectivity index (χ4n) is 0.970. The summed E-state index contributed by atoms with van der Waals surface area (Å²) in [5.41, 5.74) is 0. The molecule has 0 aromatic rings. The highest BCUT2D eigenvalue weighted by Crippen LogP contribution is 2.05. The third kappa shape index (κ3) is 4.10. The van der Waals surface area contributed by atoms with Crippen LogP contribution in [0.2, 0.25) is 0 Å². The van der Waals surface area contributed by atoms with Gasteiger partial charge in [0, 0.05) is 6.04 Å². The van der Waals surface area contributed by atoms with Crippen LogP contribution in [0.5, 0.6) is 0 Å². The average molecular weight is 236 g/mol. The largest absolute Gasteiger partial charge is 0.352 e. The molecular formula is C9H18BrNO. The third-order valence-electron chi connectivity index (χ3n) is 1.97. The zero-order chi connectivity index (χ0) is 9.56. The zero-order valence-corrected chi connectivity index (χ0v) is 9.65. The lowest BCUT2D eigenvalue weighted by Crippen LogP contribution is -2.38. The number of amides is 1. The predicted octanol–water partition coefficient (Wildman–Crippen LogP) is 2.46. The first kappa shape index (κ1) is 11.9. The van der Waals surface area contributed by atoms with Gasteiger partial charge in [-0.05, 0) is 19.3 Å². The van der Waals surface area contributed by atoms with E-state index in [0.29, 0.717) is 6.04 Å². The van der Waals surface area contributed by atoms with E-state index in [1.54, 1.807) is 0 Å². The Morgan fingerprint density at radius 2 is 1.75 bits per heavy atom. The number of carbonyl (C=O) groups is 1. The molecule has 0 aliphatic rings. The number of rotatable bonds is 5. The van der Waals surface area contributed by atoms with Crippen LogP contribution in [-0.2, 0) is 4.79 Å². The Balaban J connectivity index is 3.81. The van der Waals surface area contributed by atoms with Gasteiger partial charge in [-0.3, -0.25) is 4.79 Å². The Labute approximate surface area is 83.2 Å². The van der Waals surface area contributed by atoms with E-state index in [0.717, 1.165) is 19.3 Å². The molecule has 3 heteroatoms. The van der Waals surface area contributed by atoms with Crippen LogP contribution in [0.3, 0.4) is 0 Å². The van der Waals surface area contributed by atoms with Crippen LogP contribution in [0.4, 0.5) is 0 Å². The van der Waals surface area contributed by atoms with Gasteiger partial charge in [-0.25, -0.2) is 0 Å². The van der Waals surface area contributed by atoms with Crippen molar-refractivity contribution in [1.82, 2.24) is 5.32 Å². The van der Waals surface area contributed by atoms with Crippen molar-refractivity contribution < 1.29 is 4.79 Å². The molecule has 0 saturated heterocycles. The van der Waals surface area contributed by atoms with Crippen molar-refractivity contribution in [2.45, 2.75) is 50.9 Å². The number of nitrogens with one attached hydrogen (secondary N) is 1. The van der Waals surface area contributed by atoms with Crippen LogP contribution in [0.1, 0.15) is 40.0 Å². The molecule has 0 fully saturated rings. The summed E-state index contributed by atoms with van der Waals surface area (Å²) in [5.74, 6) is 0.117. The summed E-state index contributed by atoms with van der Waals surface area (Å²) >= 11 is 3.32. The van der Waals surface area contributed by atoms with Gasteiger partial charge in [-0.2, -0.15) is 0 Å². The molecule has 1 N–H and O–H groups in total. The molecule has 0 aromatic heterocycles. The summed E-state index contributed by atoms with van der Waals surface area (Å²) in [6.45, 7) is 6.17. The molecule has 0 radical (unpaired) electrons. The Morgan fingerprint density at radius 1 is 1.25 bits per heavy atom. The Morgan fingerprint density at radius 3 is 2.08 bits per heavy atom. The molecule has 0 bridgehead atoms. The maximum Gasteiger partial charge on any atom is 0.233 e. The van der Waals surface area contributed by atoms with Crippen LogP contribution in [0, 0.1) is 0 Å². The van der Waals surface area contributed by atoms with Crippen molar-refractivity contribution in [3.8, 4) is 0 Å². The van der Waals surface area contributed by atoms with Gasteiger partial charge in [0.25, 0.3) is 0 Å². The van der Waals surface area contributed by atoms with Gasteiger partial charge in [0.15, 0.2) is 0 Å². The predicted molar refractivity (Wildman–Crippen MR) is 55.5 cm³/mol. The summed E-state index contributed by atoms with van der Waals surface area (Å²) in [7, 11) is 0. The maximum absolute atomic E-state index is 11.3. The molecule has 1 atom stereocenters. The van der Waals surface area contributed by atoms with Crippen LogP contribution in [0.15, 0.2) is 0 Å². The number of halogens is 1. The minimum Gasteiger partial charge on any atom is -0.352 e.